The molecule has 5 rings (SSSR count). The average Bonchev–Trinajstić information content (AvgIpc) is 3.29. The van der Waals surface area contributed by atoms with Crippen LogP contribution in [0.25, 0.3) is 11.0 Å². The van der Waals surface area contributed by atoms with Gasteiger partial charge in [0.15, 0.2) is 0 Å². The second-order valence-corrected chi connectivity index (χ2v) is 8.39. The van der Waals surface area contributed by atoms with Gasteiger partial charge in [-0.05, 0) is 54.7 Å². The van der Waals surface area contributed by atoms with Crippen LogP contribution in [0.3, 0.4) is 0 Å². The van der Waals surface area contributed by atoms with Crippen LogP contribution in [-0.4, -0.2) is 44.0 Å². The number of H-pyrrole nitrogens is 1. The van der Waals surface area contributed by atoms with Gasteiger partial charge < -0.3 is 19.7 Å². The lowest BCUT2D eigenvalue weighted by Crippen LogP contribution is -2.36. The Morgan fingerprint density at radius 3 is 2.58 bits per heavy atom. The van der Waals surface area contributed by atoms with Gasteiger partial charge in [-0.1, -0.05) is 30.3 Å². The summed E-state index contributed by atoms with van der Waals surface area (Å²) in [6, 6.07) is 19.0. The lowest BCUT2D eigenvalue weighted by Gasteiger charge is -2.31. The minimum atomic E-state index is -0.858. The van der Waals surface area contributed by atoms with Crippen molar-refractivity contribution in [1.29, 1.82) is 0 Å². The molecule has 7 heteroatoms. The minimum Gasteiger partial charge on any atom is -0.439 e. The number of aromatic amines is 1. The molecule has 1 aliphatic rings. The number of aliphatic hydroxyl groups is 1. The summed E-state index contributed by atoms with van der Waals surface area (Å²) >= 11 is 0. The number of pyridine rings is 1. The highest BCUT2D eigenvalue weighted by molar-refractivity contribution is 5.75. The zero-order valence-electron chi connectivity index (χ0n) is 18.4. The number of para-hydroxylation sites is 2. The lowest BCUT2D eigenvalue weighted by molar-refractivity contribution is -0.129. The highest BCUT2D eigenvalue weighted by atomic mass is 16.5. The Bertz CT molecular complexity index is 1230. The van der Waals surface area contributed by atoms with Gasteiger partial charge in [-0.2, -0.15) is 0 Å². The number of likely N-dealkylation sites (tertiary alicyclic amines) is 1. The van der Waals surface area contributed by atoms with E-state index in [0.29, 0.717) is 23.4 Å². The molecule has 0 unspecified atom stereocenters. The topological polar surface area (TPSA) is 91.3 Å². The van der Waals surface area contributed by atoms with Crippen molar-refractivity contribution in [2.75, 3.05) is 13.1 Å². The molecule has 1 aliphatic heterocycles. The number of carbonyl (C=O) groups excluding carboxylic acids is 1. The largest absolute Gasteiger partial charge is 0.439 e. The fourth-order valence-corrected chi connectivity index (χ4v) is 4.39. The van der Waals surface area contributed by atoms with Crippen molar-refractivity contribution >= 4 is 16.9 Å². The quantitative estimate of drug-likeness (QED) is 0.473. The number of rotatable bonds is 5. The number of carbonyl (C=O) groups is 1. The molecular weight excluding hydrogens is 416 g/mol. The molecule has 0 saturated carbocycles. The highest BCUT2D eigenvalue weighted by Gasteiger charge is 2.25. The van der Waals surface area contributed by atoms with Crippen LogP contribution in [0.5, 0.6) is 11.6 Å². The Morgan fingerprint density at radius 1 is 1.09 bits per heavy atom. The van der Waals surface area contributed by atoms with E-state index in [-0.39, 0.29) is 5.91 Å². The summed E-state index contributed by atoms with van der Waals surface area (Å²) in [6.45, 7) is 3.12. The van der Waals surface area contributed by atoms with Crippen molar-refractivity contribution < 1.29 is 14.6 Å². The summed E-state index contributed by atoms with van der Waals surface area (Å²) in [4.78, 5) is 25.6. The predicted molar refractivity (Wildman–Crippen MR) is 125 cm³/mol. The number of aromatic nitrogens is 3. The summed E-state index contributed by atoms with van der Waals surface area (Å²) in [5.74, 6) is 2.18. The van der Waals surface area contributed by atoms with E-state index in [0.717, 1.165) is 48.1 Å². The van der Waals surface area contributed by atoms with Crippen LogP contribution < -0.4 is 4.74 Å². The van der Waals surface area contributed by atoms with Gasteiger partial charge in [0.05, 0.1) is 11.0 Å². The summed E-state index contributed by atoms with van der Waals surface area (Å²) in [7, 11) is 0. The van der Waals surface area contributed by atoms with Gasteiger partial charge in [0, 0.05) is 31.8 Å². The van der Waals surface area contributed by atoms with Gasteiger partial charge in [0.25, 0.3) is 0 Å². The summed E-state index contributed by atoms with van der Waals surface area (Å²) in [5, 5.41) is 10.8. The Hall–Kier alpha value is -3.71. The molecule has 0 bridgehead atoms. The number of piperidine rings is 1. The monoisotopic (exact) mass is 442 g/mol. The molecule has 4 aromatic rings. The number of amides is 1. The number of hydrogen-bond acceptors (Lipinski definition) is 5. The first-order valence-corrected chi connectivity index (χ1v) is 11.2. The number of ether oxygens (including phenoxy) is 1. The lowest BCUT2D eigenvalue weighted by atomic mass is 9.90. The third kappa shape index (κ3) is 4.45. The molecule has 0 spiro atoms. The molecule has 3 heterocycles. The normalized spacial score (nSPS) is 15.5. The van der Waals surface area contributed by atoms with Gasteiger partial charge >= 0.3 is 0 Å². The zero-order valence-corrected chi connectivity index (χ0v) is 18.4. The SMILES string of the molecule is CC(=O)N1CCC(c2cccnc2Oc2ccc([C@@H](O)c3nc4ccccc4[nH]3)cc2)CC1. The fourth-order valence-electron chi connectivity index (χ4n) is 4.39. The van der Waals surface area contributed by atoms with E-state index in [1.165, 1.54) is 0 Å². The Morgan fingerprint density at radius 2 is 1.85 bits per heavy atom. The maximum absolute atomic E-state index is 11.6. The second kappa shape index (κ2) is 9.03. The van der Waals surface area contributed by atoms with Gasteiger partial charge in [0.2, 0.25) is 11.8 Å². The van der Waals surface area contributed by atoms with Crippen LogP contribution in [0.1, 0.15) is 48.7 Å². The Balaban J connectivity index is 1.30. The molecule has 1 amide bonds. The molecule has 33 heavy (non-hydrogen) atoms. The number of aliphatic hydroxyl groups excluding tert-OH is 1. The van der Waals surface area contributed by atoms with E-state index in [9.17, 15) is 9.90 Å². The number of nitrogens with one attached hydrogen (secondary N) is 1. The van der Waals surface area contributed by atoms with Crippen molar-refractivity contribution in [3.8, 4) is 11.6 Å². The summed E-state index contributed by atoms with van der Waals surface area (Å²) in [5.41, 5.74) is 3.50. The Kier molecular flexibility index (Phi) is 5.79. The average molecular weight is 443 g/mol. The molecule has 2 aromatic carbocycles. The van der Waals surface area contributed by atoms with Gasteiger partial charge in [-0.3, -0.25) is 4.79 Å². The number of hydrogen-bond donors (Lipinski definition) is 2. The molecule has 0 radical (unpaired) electrons. The number of imidazole rings is 1. The van der Waals surface area contributed by atoms with Gasteiger partial charge in [-0.15, -0.1) is 0 Å². The summed E-state index contributed by atoms with van der Waals surface area (Å²) < 4.78 is 6.13. The molecule has 7 nitrogen and oxygen atoms in total. The van der Waals surface area contributed by atoms with Crippen molar-refractivity contribution in [2.24, 2.45) is 0 Å². The molecule has 1 saturated heterocycles. The summed E-state index contributed by atoms with van der Waals surface area (Å²) in [6.07, 6.45) is 2.65. The standard InChI is InChI=1S/C26H26N4O3/c1-17(31)30-15-12-18(13-16-30)21-5-4-14-27-26(21)33-20-10-8-19(9-11-20)24(32)25-28-22-6-2-3-7-23(22)29-25/h2-11,14,18,24,32H,12-13,15-16H2,1H3,(H,28,29)/t24-/m1/s1. The van der Waals surface area contributed by atoms with E-state index in [2.05, 4.69) is 21.0 Å². The first kappa shape index (κ1) is 21.2. The van der Waals surface area contributed by atoms with Gasteiger partial charge in [-0.25, -0.2) is 9.97 Å². The van der Waals surface area contributed by atoms with Gasteiger partial charge in [0.1, 0.15) is 17.7 Å². The van der Waals surface area contributed by atoms with Crippen LogP contribution >= 0.6 is 0 Å². The third-order valence-corrected chi connectivity index (χ3v) is 6.26. The number of fused-ring (bicyclic) bond motifs is 1. The number of benzene rings is 2. The van der Waals surface area contributed by atoms with E-state index in [4.69, 9.17) is 4.74 Å². The predicted octanol–water partition coefficient (Wildman–Crippen LogP) is 4.56. The smallest absolute Gasteiger partial charge is 0.222 e. The van der Waals surface area contributed by atoms with Crippen molar-refractivity contribution in [1.82, 2.24) is 19.9 Å². The van der Waals surface area contributed by atoms with Crippen molar-refractivity contribution in [3.05, 3.63) is 83.8 Å². The van der Waals surface area contributed by atoms with Crippen LogP contribution in [0, 0.1) is 0 Å². The van der Waals surface area contributed by atoms with E-state index >= 15 is 0 Å². The Labute approximate surface area is 192 Å². The molecule has 0 aliphatic carbocycles. The van der Waals surface area contributed by atoms with Crippen LogP contribution in [0.4, 0.5) is 0 Å². The maximum Gasteiger partial charge on any atom is 0.222 e. The molecule has 2 N–H and O–H groups in total. The number of nitrogens with zero attached hydrogens (tertiary/aromatic N) is 3. The first-order valence-electron chi connectivity index (χ1n) is 11.2. The van der Waals surface area contributed by atoms with E-state index < -0.39 is 6.10 Å². The van der Waals surface area contributed by atoms with Crippen molar-refractivity contribution in [2.45, 2.75) is 31.8 Å². The molecule has 2 aromatic heterocycles. The zero-order chi connectivity index (χ0) is 22.8. The molecule has 1 fully saturated rings. The second-order valence-electron chi connectivity index (χ2n) is 8.39. The van der Waals surface area contributed by atoms with E-state index in [1.54, 1.807) is 13.1 Å². The minimum absolute atomic E-state index is 0.126. The first-order chi connectivity index (χ1) is 16.1. The highest BCUT2D eigenvalue weighted by Crippen LogP contribution is 2.35. The van der Waals surface area contributed by atoms with Crippen LogP contribution in [0.15, 0.2) is 66.9 Å². The third-order valence-electron chi connectivity index (χ3n) is 6.26. The van der Waals surface area contributed by atoms with Crippen molar-refractivity contribution in [3.63, 3.8) is 0 Å². The molecular formula is C26H26N4O3. The van der Waals surface area contributed by atoms with E-state index in [1.807, 2.05) is 59.5 Å². The fraction of sp³-hybridized carbons (Fsp3) is 0.269. The van der Waals surface area contributed by atoms with Crippen LogP contribution in [0.2, 0.25) is 0 Å². The maximum atomic E-state index is 11.6. The molecule has 168 valence electrons. The molecule has 1 atom stereocenters. The van der Waals surface area contributed by atoms with Crippen LogP contribution in [-0.2, 0) is 4.79 Å².